The number of halogens is 2. The van der Waals surface area contributed by atoms with Gasteiger partial charge < -0.3 is 128 Å². The Morgan fingerprint density at radius 2 is 1.32 bits per heavy atom. The first-order chi connectivity index (χ1) is 47.7. The highest BCUT2D eigenvalue weighted by Gasteiger charge is 2.51. The Kier molecular flexibility index (Phi) is 22.2. The summed E-state index contributed by atoms with van der Waals surface area (Å²) >= 11 is 14.1. The van der Waals surface area contributed by atoms with Crippen molar-refractivity contribution in [2.24, 2.45) is 17.4 Å². The monoisotopic (exact) mass is 1450 g/mol. The largest absolute Gasteiger partial charge is 0.508 e. The highest BCUT2D eigenvalue weighted by molar-refractivity contribution is 6.32. The van der Waals surface area contributed by atoms with Gasteiger partial charge in [-0.3, -0.25) is 33.6 Å². The maximum atomic E-state index is 16.0. The number of phenols is 3. The zero-order chi connectivity index (χ0) is 73.5. The molecule has 11 bridgehead atoms. The van der Waals surface area contributed by atoms with Crippen LogP contribution in [-0.2, 0) is 52.6 Å². The molecular formula is C66H75Cl2N9O24. The molecule has 21 N–H and O–H groups in total. The average molecular weight is 1450 g/mol. The first kappa shape index (κ1) is 74.5. The van der Waals surface area contributed by atoms with Crippen LogP contribution < -0.4 is 62.9 Å². The van der Waals surface area contributed by atoms with Crippen LogP contribution in [0.5, 0.6) is 46.0 Å². The molecule has 0 radical (unpaired) electrons. The number of hydrogen-bond donors (Lipinski definition) is 19. The van der Waals surface area contributed by atoms with Crippen LogP contribution in [0.15, 0.2) is 78.9 Å². The van der Waals surface area contributed by atoms with Gasteiger partial charge in [0.05, 0.1) is 41.3 Å². The molecule has 35 heteroatoms. The van der Waals surface area contributed by atoms with Crippen LogP contribution in [0.3, 0.4) is 0 Å². The molecule has 101 heavy (non-hydrogen) atoms. The van der Waals surface area contributed by atoms with E-state index in [-0.39, 0.29) is 46.2 Å². The summed E-state index contributed by atoms with van der Waals surface area (Å²) in [6.07, 6.45) is -18.6. The number of benzene rings is 5. The van der Waals surface area contributed by atoms with Gasteiger partial charge >= 0.3 is 5.97 Å². The van der Waals surface area contributed by atoms with Gasteiger partial charge in [0, 0.05) is 34.7 Å². The van der Waals surface area contributed by atoms with E-state index in [2.05, 4.69) is 37.2 Å². The number of aliphatic carboxylic acids is 1. The zero-order valence-corrected chi connectivity index (χ0v) is 55.8. The Bertz CT molecular complexity index is 4070. The van der Waals surface area contributed by atoms with Crippen LogP contribution in [0.4, 0.5) is 0 Å². The molecule has 2 fully saturated rings. The number of nitrogens with one attached hydrogen (secondary N) is 7. The SMILES string of the molecule is CNC(CC(C)C)C(=O)NC1C(=O)NC(CC(N)=O)C(=O)NC2C(=O)NC3C(=O)NC(C(=O)NC(C(=O)O)c4cc(O)cc(O)c4-c4cc3ccc4O)C(O)c3ccc(c(Cl)c3)Oc3cc2cc(c3O[C@@H]2O[C@H](CO)[C@@H](O)[C@H](O)[C@H]2O[C@H]2C[C@](C)(N)[C@H](O)[C@H](C)O2)Oc2ccc(cc2Cl)C1O. The number of aliphatic hydroxyl groups excluding tert-OH is 6. The molecule has 9 unspecified atom stereocenters. The number of carbonyl (C=O) groups excluding carboxylic acids is 7. The molecule has 0 saturated carbocycles. The van der Waals surface area contributed by atoms with Crippen molar-refractivity contribution >= 4 is 70.5 Å². The second kappa shape index (κ2) is 30.2. The van der Waals surface area contributed by atoms with Crippen LogP contribution in [0.25, 0.3) is 11.1 Å². The van der Waals surface area contributed by atoms with Crippen molar-refractivity contribution < 1.29 is 118 Å². The van der Waals surface area contributed by atoms with Gasteiger partial charge in [-0.15, -0.1) is 0 Å². The number of aliphatic hydroxyl groups is 6. The molecule has 12 rings (SSSR count). The Hall–Kier alpha value is -9.20. The standard InChI is InChI=1S/C66H75Cl2N9O24/c1-23(2)12-34(71-5)58(88)76-49-51(83)26-7-10-38(32(67)14-26)97-40-16-28-17-41(55(40)101-65-56(54(86)53(85)42(22-78)99-65)100-44-21-66(4,70)57(87)24(3)96-44)98-39-11-8-27(15-33(39)68)52(84)50-63(93)75-48(64(94)95)31-18-29(79)19-37(81)45(31)30-13-25(6-9-36(30)80)46(60(90)77-50)74-61(91)47(28)73-59(89)35(20-43(69)82)72-62(49)92/h6-11,13-19,23-24,34-35,42,44,46-54,56-57,65,71,78-81,83-87H,12,20-22,70H2,1-5H3,(H2,69,82)(H,72,92)(H,73,89)(H,74,91)(H,75,93)(H,76,88)(H,77,90)(H,94,95)/t24-,34?,35?,42+,44-,46?,47?,48?,49?,50?,51?,52?,53+,54-,56+,57+,65-,66-/m0/s1. The lowest BCUT2D eigenvalue weighted by atomic mass is 9.86. The molecule has 0 aromatic heterocycles. The van der Waals surface area contributed by atoms with E-state index >= 15 is 14.4 Å². The molecule has 5 aromatic carbocycles. The first-order valence-corrected chi connectivity index (χ1v) is 32.4. The Morgan fingerprint density at radius 1 is 0.713 bits per heavy atom. The Labute approximate surface area is 584 Å². The van der Waals surface area contributed by atoms with Gasteiger partial charge in [-0.1, -0.05) is 55.2 Å². The van der Waals surface area contributed by atoms with E-state index in [1.807, 2.05) is 13.8 Å². The van der Waals surface area contributed by atoms with E-state index in [4.69, 9.17) is 63.1 Å². The normalized spacial score (nSPS) is 29.4. The molecule has 7 amide bonds. The minimum Gasteiger partial charge on any atom is -0.508 e. The first-order valence-electron chi connectivity index (χ1n) is 31.6. The number of ether oxygens (including phenoxy) is 6. The number of carboxylic acids is 1. The fraction of sp³-hybridized carbons (Fsp3) is 0.424. The van der Waals surface area contributed by atoms with Crippen molar-refractivity contribution in [3.63, 3.8) is 0 Å². The van der Waals surface area contributed by atoms with E-state index in [1.54, 1.807) is 0 Å². The lowest BCUT2D eigenvalue weighted by molar-refractivity contribution is -0.333. The van der Waals surface area contributed by atoms with Gasteiger partial charge in [-0.25, -0.2) is 4.79 Å². The van der Waals surface area contributed by atoms with E-state index in [0.717, 1.165) is 66.7 Å². The molecule has 7 aliphatic rings. The summed E-state index contributed by atoms with van der Waals surface area (Å²) in [5.41, 5.74) is 8.00. The van der Waals surface area contributed by atoms with Gasteiger partial charge in [0.1, 0.15) is 89.5 Å². The fourth-order valence-electron chi connectivity index (χ4n) is 12.5. The van der Waals surface area contributed by atoms with Crippen LogP contribution >= 0.6 is 23.2 Å². The van der Waals surface area contributed by atoms with E-state index in [9.17, 15) is 75.0 Å². The lowest BCUT2D eigenvalue weighted by Crippen LogP contribution is -2.64. The number of fused-ring (bicyclic) bond motifs is 15. The number of primary amides is 1. The molecule has 7 aliphatic heterocycles. The van der Waals surface area contributed by atoms with Crippen molar-refractivity contribution in [3.05, 3.63) is 117 Å². The zero-order valence-electron chi connectivity index (χ0n) is 54.3. The molecule has 542 valence electrons. The number of rotatable bonds is 13. The number of likely N-dealkylation sites (N-methyl/N-ethyl adjacent to an activating group) is 1. The summed E-state index contributed by atoms with van der Waals surface area (Å²) in [5.74, 6) is -16.0. The van der Waals surface area contributed by atoms with Crippen molar-refractivity contribution in [2.75, 3.05) is 13.7 Å². The topological polar surface area (TPSA) is 530 Å². The number of carboxylic acid groups (broad SMARTS) is 1. The average Bonchev–Trinajstić information content (AvgIpc) is 0.775. The maximum Gasteiger partial charge on any atom is 0.330 e. The molecule has 33 nitrogen and oxygen atoms in total. The molecule has 7 heterocycles. The summed E-state index contributed by atoms with van der Waals surface area (Å²) < 4.78 is 38.3. The van der Waals surface area contributed by atoms with Crippen molar-refractivity contribution in [2.45, 2.75) is 156 Å². The quantitative estimate of drug-likeness (QED) is 0.0743. The predicted molar refractivity (Wildman–Crippen MR) is 349 cm³/mol. The smallest absolute Gasteiger partial charge is 0.330 e. The van der Waals surface area contributed by atoms with Crippen molar-refractivity contribution in [3.8, 4) is 57.1 Å². The number of aromatic hydroxyl groups is 3. The third kappa shape index (κ3) is 15.8. The Balaban J connectivity index is 1.24. The summed E-state index contributed by atoms with van der Waals surface area (Å²) in [4.78, 5) is 117. The van der Waals surface area contributed by atoms with E-state index < -0.39 is 237 Å². The van der Waals surface area contributed by atoms with E-state index in [0.29, 0.717) is 0 Å². The van der Waals surface area contributed by atoms with Crippen LogP contribution in [0, 0.1) is 5.92 Å². The Morgan fingerprint density at radius 3 is 1.90 bits per heavy atom. The molecule has 5 aromatic rings. The number of carbonyl (C=O) groups is 8. The number of hydrogen-bond acceptors (Lipinski definition) is 25. The van der Waals surface area contributed by atoms with Gasteiger partial charge in [-0.2, -0.15) is 0 Å². The molecule has 0 spiro atoms. The number of phenolic OH excluding ortho intramolecular Hbond substituents is 3. The molecule has 2 saturated heterocycles. The van der Waals surface area contributed by atoms with Gasteiger partial charge in [0.2, 0.25) is 53.4 Å². The second-order valence-electron chi connectivity index (χ2n) is 25.7. The minimum absolute atomic E-state index is 0.0975. The van der Waals surface area contributed by atoms with Crippen molar-refractivity contribution in [1.29, 1.82) is 0 Å². The highest BCUT2D eigenvalue weighted by atomic mass is 35.5. The van der Waals surface area contributed by atoms with Crippen LogP contribution in [0.1, 0.15) is 105 Å². The highest BCUT2D eigenvalue weighted by Crippen LogP contribution is 2.50. The third-order valence-electron chi connectivity index (χ3n) is 17.8. The van der Waals surface area contributed by atoms with E-state index in [1.165, 1.54) is 33.0 Å². The van der Waals surface area contributed by atoms with Crippen LogP contribution in [0.2, 0.25) is 10.0 Å². The third-order valence-corrected chi connectivity index (χ3v) is 18.4. The van der Waals surface area contributed by atoms with Gasteiger partial charge in [0.15, 0.2) is 29.9 Å². The summed E-state index contributed by atoms with van der Waals surface area (Å²) in [6, 6.07) is -0.679. The molecule has 0 aliphatic carbocycles. The van der Waals surface area contributed by atoms with Gasteiger partial charge in [-0.05, 0) is 110 Å². The predicted octanol–water partition coefficient (Wildman–Crippen LogP) is 0.106. The molecular weight excluding hydrogens is 1370 g/mol. The van der Waals surface area contributed by atoms with Gasteiger partial charge in [0.25, 0.3) is 0 Å². The summed E-state index contributed by atoms with van der Waals surface area (Å²) in [5, 5.41) is 131. The molecule has 18 atom stereocenters. The lowest BCUT2D eigenvalue weighted by Gasteiger charge is -2.47. The summed E-state index contributed by atoms with van der Waals surface area (Å²) in [6.45, 7) is 5.66. The summed E-state index contributed by atoms with van der Waals surface area (Å²) in [7, 11) is 1.47. The minimum atomic E-state index is -2.35. The fourth-order valence-corrected chi connectivity index (χ4v) is 12.9. The maximum absolute atomic E-state index is 16.0. The number of amides is 7. The van der Waals surface area contributed by atoms with Crippen LogP contribution in [-0.4, -0.2) is 191 Å². The number of nitrogens with two attached hydrogens (primary N) is 2. The second-order valence-corrected chi connectivity index (χ2v) is 26.5. The van der Waals surface area contributed by atoms with Crippen molar-refractivity contribution in [1.82, 2.24) is 37.2 Å².